The first kappa shape index (κ1) is 11.2. The van der Waals surface area contributed by atoms with Crippen LogP contribution in [-0.2, 0) is 13.1 Å². The van der Waals surface area contributed by atoms with Crippen molar-refractivity contribution in [2.75, 3.05) is 0 Å². The second-order valence-corrected chi connectivity index (χ2v) is 3.47. The fraction of sp³-hybridized carbons (Fsp3) is 0.500. The van der Waals surface area contributed by atoms with E-state index in [9.17, 15) is 10.1 Å². The molecule has 0 aromatic carbocycles. The van der Waals surface area contributed by atoms with Crippen molar-refractivity contribution in [3.63, 3.8) is 0 Å². The summed E-state index contributed by atoms with van der Waals surface area (Å²) >= 11 is 0. The molecule has 0 aliphatic carbocycles. The van der Waals surface area contributed by atoms with Crippen molar-refractivity contribution in [3.8, 4) is 0 Å². The van der Waals surface area contributed by atoms with Gasteiger partial charge in [0.25, 0.3) is 0 Å². The molecule has 90 valence electrons. The summed E-state index contributed by atoms with van der Waals surface area (Å²) in [5.74, 6) is 0.629. The van der Waals surface area contributed by atoms with Gasteiger partial charge in [0.2, 0.25) is 0 Å². The first-order valence-electron chi connectivity index (χ1n) is 5.12. The zero-order valence-corrected chi connectivity index (χ0v) is 9.22. The molecule has 2 rings (SSSR count). The maximum atomic E-state index is 10.5. The van der Waals surface area contributed by atoms with Crippen LogP contribution >= 0.6 is 0 Å². The Kier molecular flexibility index (Phi) is 3.08. The van der Waals surface area contributed by atoms with Crippen LogP contribution in [0.15, 0.2) is 12.4 Å². The highest BCUT2D eigenvalue weighted by molar-refractivity contribution is 5.20. The molecule has 0 aliphatic heterocycles. The Bertz CT molecular complexity index is 517. The Morgan fingerprint density at radius 3 is 3.00 bits per heavy atom. The second-order valence-electron chi connectivity index (χ2n) is 3.47. The minimum absolute atomic E-state index is 0.0421. The molecule has 0 fully saturated rings. The van der Waals surface area contributed by atoms with Crippen LogP contribution < -0.4 is 0 Å². The van der Waals surface area contributed by atoms with Crippen LogP contribution in [0, 0.1) is 10.1 Å². The van der Waals surface area contributed by atoms with E-state index in [0.29, 0.717) is 18.9 Å². The summed E-state index contributed by atoms with van der Waals surface area (Å²) in [6.45, 7) is 3.05. The number of nitro groups is 1. The molecular formula is C8H11N7O2. The molecular weight excluding hydrogens is 226 g/mol. The van der Waals surface area contributed by atoms with E-state index in [4.69, 9.17) is 0 Å². The molecule has 0 spiro atoms. The molecule has 0 N–H and O–H groups in total. The maximum Gasteiger partial charge on any atom is 0.307 e. The average molecular weight is 237 g/mol. The molecule has 0 bridgehead atoms. The van der Waals surface area contributed by atoms with Crippen LogP contribution in [0.3, 0.4) is 0 Å². The Labute approximate surface area is 96.2 Å². The summed E-state index contributed by atoms with van der Waals surface area (Å²) in [7, 11) is 0. The zero-order valence-electron chi connectivity index (χ0n) is 9.22. The normalized spacial score (nSPS) is 10.6. The highest BCUT2D eigenvalue weighted by Crippen LogP contribution is 2.08. The number of nitrogens with zero attached hydrogens (tertiary/aromatic N) is 7. The predicted octanol–water partition coefficient (Wildman–Crippen LogP) is 0.236. The molecule has 2 aromatic rings. The van der Waals surface area contributed by atoms with Crippen molar-refractivity contribution >= 4 is 5.69 Å². The monoisotopic (exact) mass is 237 g/mol. The van der Waals surface area contributed by atoms with E-state index in [1.165, 1.54) is 17.1 Å². The second kappa shape index (κ2) is 4.68. The van der Waals surface area contributed by atoms with Crippen LogP contribution in [0.1, 0.15) is 19.2 Å². The number of aryl methyl sites for hydroxylation is 1. The van der Waals surface area contributed by atoms with Gasteiger partial charge in [0, 0.05) is 6.54 Å². The summed E-state index contributed by atoms with van der Waals surface area (Å²) in [5.41, 5.74) is -0.0421. The summed E-state index contributed by atoms with van der Waals surface area (Å²) < 4.78 is 3.10. The van der Waals surface area contributed by atoms with Gasteiger partial charge >= 0.3 is 5.69 Å². The number of hydrogen-bond acceptors (Lipinski definition) is 6. The first-order chi connectivity index (χ1) is 8.20. The van der Waals surface area contributed by atoms with Crippen molar-refractivity contribution < 1.29 is 4.92 Å². The lowest BCUT2D eigenvalue weighted by molar-refractivity contribution is -0.385. The highest BCUT2D eigenvalue weighted by atomic mass is 16.6. The number of aromatic nitrogens is 6. The Morgan fingerprint density at radius 1 is 1.53 bits per heavy atom. The van der Waals surface area contributed by atoms with Gasteiger partial charge in [-0.15, -0.1) is 5.10 Å². The van der Waals surface area contributed by atoms with Gasteiger partial charge < -0.3 is 0 Å². The van der Waals surface area contributed by atoms with Gasteiger partial charge in [0.1, 0.15) is 18.9 Å². The van der Waals surface area contributed by atoms with E-state index in [1.54, 1.807) is 4.68 Å². The molecule has 17 heavy (non-hydrogen) atoms. The Morgan fingerprint density at radius 2 is 2.35 bits per heavy atom. The number of tetrazole rings is 1. The highest BCUT2D eigenvalue weighted by Gasteiger charge is 2.11. The van der Waals surface area contributed by atoms with Gasteiger partial charge in [-0.2, -0.15) is 5.10 Å². The van der Waals surface area contributed by atoms with Crippen molar-refractivity contribution in [3.05, 3.63) is 28.3 Å². The Hall–Kier alpha value is -2.32. The fourth-order valence-corrected chi connectivity index (χ4v) is 1.40. The van der Waals surface area contributed by atoms with Crippen molar-refractivity contribution in [1.82, 2.24) is 30.0 Å². The van der Waals surface area contributed by atoms with E-state index in [0.717, 1.165) is 6.42 Å². The molecule has 0 saturated heterocycles. The SMILES string of the molecule is CCCn1nnnc1Cn1cc([N+](=O)[O-])cn1. The molecule has 9 nitrogen and oxygen atoms in total. The summed E-state index contributed by atoms with van der Waals surface area (Å²) in [6.07, 6.45) is 3.47. The molecule has 0 amide bonds. The fourth-order valence-electron chi connectivity index (χ4n) is 1.40. The molecule has 0 unspecified atom stereocenters. The summed E-state index contributed by atoms with van der Waals surface area (Å²) in [4.78, 5) is 10.0. The van der Waals surface area contributed by atoms with E-state index in [-0.39, 0.29) is 5.69 Å². The van der Waals surface area contributed by atoms with Crippen LogP contribution in [0.5, 0.6) is 0 Å². The van der Waals surface area contributed by atoms with Gasteiger partial charge in [0.05, 0.1) is 4.92 Å². The minimum Gasteiger partial charge on any atom is -0.258 e. The van der Waals surface area contributed by atoms with Gasteiger partial charge in [-0.3, -0.25) is 14.8 Å². The molecule has 2 aromatic heterocycles. The van der Waals surface area contributed by atoms with Crippen molar-refractivity contribution in [2.24, 2.45) is 0 Å². The number of rotatable bonds is 5. The quantitative estimate of drug-likeness (QED) is 0.544. The average Bonchev–Trinajstić information content (AvgIpc) is 2.90. The molecule has 0 atom stereocenters. The van der Waals surface area contributed by atoms with E-state index in [2.05, 4.69) is 20.6 Å². The molecule has 0 aliphatic rings. The van der Waals surface area contributed by atoms with Crippen molar-refractivity contribution in [1.29, 1.82) is 0 Å². The third-order valence-electron chi connectivity index (χ3n) is 2.18. The van der Waals surface area contributed by atoms with E-state index < -0.39 is 4.92 Å². The zero-order chi connectivity index (χ0) is 12.3. The maximum absolute atomic E-state index is 10.5. The molecule has 2 heterocycles. The van der Waals surface area contributed by atoms with Crippen LogP contribution in [-0.4, -0.2) is 34.9 Å². The Balaban J connectivity index is 2.13. The van der Waals surface area contributed by atoms with Gasteiger partial charge in [-0.25, -0.2) is 4.68 Å². The van der Waals surface area contributed by atoms with Crippen LogP contribution in [0.4, 0.5) is 5.69 Å². The predicted molar refractivity (Wildman–Crippen MR) is 56.1 cm³/mol. The lowest BCUT2D eigenvalue weighted by atomic mass is 10.5. The summed E-state index contributed by atoms with van der Waals surface area (Å²) in [5, 5.41) is 25.6. The third-order valence-corrected chi connectivity index (χ3v) is 2.18. The van der Waals surface area contributed by atoms with E-state index in [1.807, 2.05) is 6.92 Å². The smallest absolute Gasteiger partial charge is 0.258 e. The molecule has 0 saturated carbocycles. The molecule has 9 heteroatoms. The third kappa shape index (κ3) is 2.44. The first-order valence-corrected chi connectivity index (χ1v) is 5.12. The minimum atomic E-state index is -0.488. The largest absolute Gasteiger partial charge is 0.307 e. The standard InChI is InChI=1S/C8H11N7O2/c1-2-3-14-8(10-11-12-14)6-13-5-7(4-9-13)15(16)17/h4-5H,2-3,6H2,1H3. The topological polar surface area (TPSA) is 105 Å². The van der Waals surface area contributed by atoms with Gasteiger partial charge in [0.15, 0.2) is 5.82 Å². The van der Waals surface area contributed by atoms with Crippen LogP contribution in [0.2, 0.25) is 0 Å². The van der Waals surface area contributed by atoms with Gasteiger partial charge in [-0.05, 0) is 16.8 Å². The molecule has 0 radical (unpaired) electrons. The lowest BCUT2D eigenvalue weighted by Crippen LogP contribution is -2.10. The van der Waals surface area contributed by atoms with Gasteiger partial charge in [-0.1, -0.05) is 6.92 Å². The van der Waals surface area contributed by atoms with E-state index >= 15 is 0 Å². The van der Waals surface area contributed by atoms with Crippen LogP contribution in [0.25, 0.3) is 0 Å². The van der Waals surface area contributed by atoms with Crippen molar-refractivity contribution in [2.45, 2.75) is 26.4 Å². The summed E-state index contributed by atoms with van der Waals surface area (Å²) in [6, 6.07) is 0. The lowest BCUT2D eigenvalue weighted by Gasteiger charge is -2.01. The number of hydrogen-bond donors (Lipinski definition) is 0.